The molecular weight excluding hydrogens is 280 g/mol. The highest BCUT2D eigenvalue weighted by molar-refractivity contribution is 7.80. The molecule has 0 unspecified atom stereocenters. The monoisotopic (exact) mass is 294 g/mol. The first-order valence-electron chi connectivity index (χ1n) is 6.11. The standard InChI is InChI=1S/C13H15ClN4S/c1-3-11-16-12(4-2)18(17-11)10-7-8(14)5-6-9(10)13(15)19/h5-7H,3-4H2,1-2H3,(H2,15,19). The number of benzene rings is 1. The van der Waals surface area contributed by atoms with Gasteiger partial charge in [-0.05, 0) is 18.2 Å². The molecule has 0 aliphatic rings. The molecule has 2 rings (SSSR count). The lowest BCUT2D eigenvalue weighted by atomic mass is 10.1. The predicted molar refractivity (Wildman–Crippen MR) is 81.0 cm³/mol. The van der Waals surface area contributed by atoms with Crippen LogP contribution in [0.25, 0.3) is 5.69 Å². The van der Waals surface area contributed by atoms with Crippen LogP contribution in [0, 0.1) is 0 Å². The number of nitrogens with two attached hydrogens (primary N) is 1. The van der Waals surface area contributed by atoms with Crippen molar-refractivity contribution in [3.05, 3.63) is 40.4 Å². The highest BCUT2D eigenvalue weighted by Crippen LogP contribution is 2.21. The molecule has 100 valence electrons. The largest absolute Gasteiger partial charge is 0.389 e. The Morgan fingerprint density at radius 1 is 1.37 bits per heavy atom. The molecule has 2 aromatic rings. The maximum Gasteiger partial charge on any atom is 0.151 e. The molecule has 2 N–H and O–H groups in total. The minimum absolute atomic E-state index is 0.322. The van der Waals surface area contributed by atoms with Crippen LogP contribution < -0.4 is 5.73 Å². The van der Waals surface area contributed by atoms with E-state index in [4.69, 9.17) is 29.6 Å². The van der Waals surface area contributed by atoms with E-state index in [2.05, 4.69) is 10.1 Å². The second kappa shape index (κ2) is 5.67. The Morgan fingerprint density at radius 3 is 2.68 bits per heavy atom. The normalized spacial score (nSPS) is 10.7. The van der Waals surface area contributed by atoms with E-state index >= 15 is 0 Å². The quantitative estimate of drug-likeness (QED) is 0.881. The van der Waals surface area contributed by atoms with Crippen LogP contribution in [0.15, 0.2) is 18.2 Å². The summed E-state index contributed by atoms with van der Waals surface area (Å²) in [6, 6.07) is 5.39. The molecule has 0 fully saturated rings. The molecule has 0 spiro atoms. The molecule has 0 bridgehead atoms. The first-order valence-corrected chi connectivity index (χ1v) is 6.90. The number of rotatable bonds is 4. The van der Waals surface area contributed by atoms with Crippen LogP contribution in [0.4, 0.5) is 0 Å². The molecule has 0 saturated heterocycles. The first kappa shape index (κ1) is 14.0. The average Bonchev–Trinajstić information content (AvgIpc) is 2.81. The lowest BCUT2D eigenvalue weighted by Gasteiger charge is -2.10. The maximum absolute atomic E-state index is 6.06. The van der Waals surface area contributed by atoms with E-state index < -0.39 is 0 Å². The number of thiocarbonyl (C=S) groups is 1. The van der Waals surface area contributed by atoms with Crippen molar-refractivity contribution in [2.45, 2.75) is 26.7 Å². The van der Waals surface area contributed by atoms with Gasteiger partial charge in [-0.1, -0.05) is 37.7 Å². The lowest BCUT2D eigenvalue weighted by molar-refractivity contribution is 0.790. The zero-order chi connectivity index (χ0) is 14.0. The van der Waals surface area contributed by atoms with Gasteiger partial charge in [0.05, 0.1) is 5.69 Å². The van der Waals surface area contributed by atoms with Crippen LogP contribution in [-0.4, -0.2) is 19.8 Å². The molecule has 0 atom stereocenters. The molecule has 6 heteroatoms. The third kappa shape index (κ3) is 2.77. The van der Waals surface area contributed by atoms with Gasteiger partial charge in [-0.2, -0.15) is 5.10 Å². The van der Waals surface area contributed by atoms with Crippen molar-refractivity contribution in [3.8, 4) is 5.69 Å². The summed E-state index contributed by atoms with van der Waals surface area (Å²) in [7, 11) is 0. The van der Waals surface area contributed by atoms with Gasteiger partial charge in [0.1, 0.15) is 10.8 Å². The topological polar surface area (TPSA) is 56.7 Å². The van der Waals surface area contributed by atoms with Crippen molar-refractivity contribution in [1.82, 2.24) is 14.8 Å². The Hall–Kier alpha value is -1.46. The van der Waals surface area contributed by atoms with Crippen LogP contribution in [0.1, 0.15) is 31.1 Å². The van der Waals surface area contributed by atoms with Crippen LogP contribution >= 0.6 is 23.8 Å². The Morgan fingerprint density at radius 2 is 2.11 bits per heavy atom. The van der Waals surface area contributed by atoms with Gasteiger partial charge >= 0.3 is 0 Å². The molecule has 0 saturated carbocycles. The zero-order valence-corrected chi connectivity index (χ0v) is 12.4. The molecule has 0 aliphatic carbocycles. The summed E-state index contributed by atoms with van der Waals surface area (Å²) < 4.78 is 1.78. The Bertz CT molecular complexity index is 621. The van der Waals surface area contributed by atoms with Crippen molar-refractivity contribution in [2.75, 3.05) is 0 Å². The molecule has 0 amide bonds. The van der Waals surface area contributed by atoms with Crippen molar-refractivity contribution < 1.29 is 0 Å². The fourth-order valence-electron chi connectivity index (χ4n) is 1.85. The van der Waals surface area contributed by atoms with Crippen LogP contribution in [0.5, 0.6) is 0 Å². The van der Waals surface area contributed by atoms with Crippen molar-refractivity contribution in [3.63, 3.8) is 0 Å². The summed E-state index contributed by atoms with van der Waals surface area (Å²) in [5.74, 6) is 1.67. The number of hydrogen-bond acceptors (Lipinski definition) is 3. The van der Waals surface area contributed by atoms with Crippen molar-refractivity contribution >= 4 is 28.8 Å². The van der Waals surface area contributed by atoms with Crippen molar-refractivity contribution in [2.24, 2.45) is 5.73 Å². The van der Waals surface area contributed by atoms with E-state index in [1.54, 1.807) is 10.7 Å². The molecule has 1 heterocycles. The van der Waals surface area contributed by atoms with E-state index in [0.717, 1.165) is 35.7 Å². The third-order valence-corrected chi connectivity index (χ3v) is 3.26. The Labute approximate surface area is 122 Å². The number of aryl methyl sites for hydroxylation is 2. The summed E-state index contributed by atoms with van der Waals surface area (Å²) in [6.45, 7) is 4.05. The molecule has 19 heavy (non-hydrogen) atoms. The van der Waals surface area contributed by atoms with Crippen LogP contribution in [0.2, 0.25) is 5.02 Å². The summed E-state index contributed by atoms with van der Waals surface area (Å²) >= 11 is 11.1. The Kier molecular flexibility index (Phi) is 4.17. The highest BCUT2D eigenvalue weighted by atomic mass is 35.5. The number of nitrogens with zero attached hydrogens (tertiary/aromatic N) is 3. The zero-order valence-electron chi connectivity index (χ0n) is 10.9. The average molecular weight is 295 g/mol. The lowest BCUT2D eigenvalue weighted by Crippen LogP contribution is -2.15. The third-order valence-electron chi connectivity index (χ3n) is 2.80. The van der Waals surface area contributed by atoms with E-state index in [1.165, 1.54) is 0 Å². The van der Waals surface area contributed by atoms with Crippen LogP contribution in [0.3, 0.4) is 0 Å². The number of hydrogen-bond donors (Lipinski definition) is 1. The predicted octanol–water partition coefficient (Wildman–Crippen LogP) is 2.68. The van der Waals surface area contributed by atoms with E-state index in [1.807, 2.05) is 26.0 Å². The highest BCUT2D eigenvalue weighted by Gasteiger charge is 2.14. The van der Waals surface area contributed by atoms with Crippen molar-refractivity contribution in [1.29, 1.82) is 0 Å². The summed E-state index contributed by atoms with van der Waals surface area (Å²) in [5, 5.41) is 5.10. The molecule has 1 aromatic heterocycles. The van der Waals surface area contributed by atoms with E-state index in [0.29, 0.717) is 10.0 Å². The SMILES string of the molecule is CCc1nc(CC)n(-c2cc(Cl)ccc2C(N)=S)n1. The van der Waals surface area contributed by atoms with Gasteiger partial charge in [0.25, 0.3) is 0 Å². The summed E-state index contributed by atoms with van der Waals surface area (Å²) in [6.07, 6.45) is 1.55. The fourth-order valence-corrected chi connectivity index (χ4v) is 2.19. The van der Waals surface area contributed by atoms with Crippen LogP contribution in [-0.2, 0) is 12.8 Å². The minimum atomic E-state index is 0.322. The molecule has 4 nitrogen and oxygen atoms in total. The molecule has 1 aromatic carbocycles. The van der Waals surface area contributed by atoms with Gasteiger partial charge in [-0.15, -0.1) is 0 Å². The summed E-state index contributed by atoms with van der Waals surface area (Å²) in [4.78, 5) is 4.80. The van der Waals surface area contributed by atoms with E-state index in [-0.39, 0.29) is 0 Å². The second-order valence-corrected chi connectivity index (χ2v) is 4.97. The van der Waals surface area contributed by atoms with Gasteiger partial charge < -0.3 is 5.73 Å². The smallest absolute Gasteiger partial charge is 0.151 e. The second-order valence-electron chi connectivity index (χ2n) is 4.09. The van der Waals surface area contributed by atoms with Gasteiger partial charge in [0, 0.05) is 23.4 Å². The fraction of sp³-hybridized carbons (Fsp3) is 0.308. The van der Waals surface area contributed by atoms with Gasteiger partial charge in [-0.25, -0.2) is 9.67 Å². The molecular formula is C13H15ClN4S. The Balaban J connectivity index is 2.66. The first-order chi connectivity index (χ1) is 9.06. The van der Waals surface area contributed by atoms with Gasteiger partial charge in [0.2, 0.25) is 0 Å². The number of aromatic nitrogens is 3. The molecule has 0 radical (unpaired) electrons. The van der Waals surface area contributed by atoms with E-state index in [9.17, 15) is 0 Å². The number of halogens is 1. The minimum Gasteiger partial charge on any atom is -0.389 e. The maximum atomic E-state index is 6.06. The molecule has 0 aliphatic heterocycles. The van der Waals surface area contributed by atoms with Gasteiger partial charge in [-0.3, -0.25) is 0 Å². The van der Waals surface area contributed by atoms with Gasteiger partial charge in [0.15, 0.2) is 5.82 Å². The summed E-state index contributed by atoms with van der Waals surface area (Å²) in [5.41, 5.74) is 7.29.